The van der Waals surface area contributed by atoms with Crippen molar-refractivity contribution in [1.82, 2.24) is 15.6 Å². The second-order valence-electron chi connectivity index (χ2n) is 5.64. The third-order valence-electron chi connectivity index (χ3n) is 3.65. The van der Waals surface area contributed by atoms with Gasteiger partial charge in [0.2, 0.25) is 5.91 Å². The van der Waals surface area contributed by atoms with E-state index < -0.39 is 29.6 Å². The Balaban J connectivity index is 2.22. The SMILES string of the molecule is CCNC(=O)C(Cc1ncc(C(F)(F)F)cc1Cl)NC(=O)c1ccccc1. The minimum absolute atomic E-state index is 0.0780. The van der Waals surface area contributed by atoms with Gasteiger partial charge >= 0.3 is 6.18 Å². The number of amides is 2. The molecule has 27 heavy (non-hydrogen) atoms. The van der Waals surface area contributed by atoms with E-state index >= 15 is 0 Å². The van der Waals surface area contributed by atoms with Crippen LogP contribution in [0.3, 0.4) is 0 Å². The molecular weight excluding hydrogens is 383 g/mol. The zero-order chi connectivity index (χ0) is 20.0. The molecule has 0 radical (unpaired) electrons. The Morgan fingerprint density at radius 3 is 2.44 bits per heavy atom. The van der Waals surface area contributed by atoms with Gasteiger partial charge in [-0.1, -0.05) is 29.8 Å². The summed E-state index contributed by atoms with van der Waals surface area (Å²) in [6.45, 7) is 2.03. The van der Waals surface area contributed by atoms with Gasteiger partial charge in [0.1, 0.15) is 6.04 Å². The van der Waals surface area contributed by atoms with Crippen LogP contribution in [-0.2, 0) is 17.4 Å². The molecule has 1 aromatic heterocycles. The molecule has 1 aromatic carbocycles. The molecule has 0 aliphatic heterocycles. The molecule has 9 heteroatoms. The number of carbonyl (C=O) groups is 2. The first-order valence-corrected chi connectivity index (χ1v) is 8.45. The van der Waals surface area contributed by atoms with Gasteiger partial charge in [-0.05, 0) is 25.1 Å². The van der Waals surface area contributed by atoms with Crippen LogP contribution < -0.4 is 10.6 Å². The largest absolute Gasteiger partial charge is 0.417 e. The summed E-state index contributed by atoms with van der Waals surface area (Å²) >= 11 is 5.91. The predicted octanol–water partition coefficient (Wildman–Crippen LogP) is 3.23. The van der Waals surface area contributed by atoms with Crippen LogP contribution in [0.25, 0.3) is 0 Å². The van der Waals surface area contributed by atoms with Gasteiger partial charge in [-0.3, -0.25) is 14.6 Å². The smallest absolute Gasteiger partial charge is 0.355 e. The van der Waals surface area contributed by atoms with E-state index in [2.05, 4.69) is 15.6 Å². The molecule has 0 fully saturated rings. The van der Waals surface area contributed by atoms with Gasteiger partial charge in [0, 0.05) is 24.7 Å². The standard InChI is InChI=1S/C18H17ClF3N3O2/c1-2-23-17(27)15(25-16(26)11-6-4-3-5-7-11)9-14-13(19)8-12(10-24-14)18(20,21)22/h3-8,10,15H,2,9H2,1H3,(H,23,27)(H,25,26). The lowest BCUT2D eigenvalue weighted by molar-refractivity contribution is -0.137. The highest BCUT2D eigenvalue weighted by Gasteiger charge is 2.32. The third-order valence-corrected chi connectivity index (χ3v) is 3.98. The van der Waals surface area contributed by atoms with Crippen molar-refractivity contribution in [3.8, 4) is 0 Å². The van der Waals surface area contributed by atoms with Crippen molar-refractivity contribution < 1.29 is 22.8 Å². The Hall–Kier alpha value is -2.61. The Labute approximate surface area is 158 Å². The molecule has 1 atom stereocenters. The van der Waals surface area contributed by atoms with E-state index in [1.54, 1.807) is 37.3 Å². The minimum Gasteiger partial charge on any atom is -0.355 e. The summed E-state index contributed by atoms with van der Waals surface area (Å²) in [6, 6.07) is 7.94. The summed E-state index contributed by atoms with van der Waals surface area (Å²) in [7, 11) is 0. The van der Waals surface area contributed by atoms with E-state index in [-0.39, 0.29) is 17.1 Å². The number of nitrogens with one attached hydrogen (secondary N) is 2. The number of hydrogen-bond donors (Lipinski definition) is 2. The summed E-state index contributed by atoms with van der Waals surface area (Å²) in [5, 5.41) is 4.91. The van der Waals surface area contributed by atoms with Crippen LogP contribution in [0.1, 0.15) is 28.5 Å². The minimum atomic E-state index is -4.57. The Morgan fingerprint density at radius 2 is 1.89 bits per heavy atom. The first-order chi connectivity index (χ1) is 12.7. The first-order valence-electron chi connectivity index (χ1n) is 8.07. The van der Waals surface area contributed by atoms with E-state index in [9.17, 15) is 22.8 Å². The second-order valence-corrected chi connectivity index (χ2v) is 6.05. The second kappa shape index (κ2) is 8.85. The number of aromatic nitrogens is 1. The van der Waals surface area contributed by atoms with E-state index in [0.717, 1.165) is 6.07 Å². The topological polar surface area (TPSA) is 71.1 Å². The maximum Gasteiger partial charge on any atom is 0.417 e. The van der Waals surface area contributed by atoms with Gasteiger partial charge in [0.05, 0.1) is 16.3 Å². The molecule has 0 saturated heterocycles. The number of pyridine rings is 1. The molecular formula is C18H17ClF3N3O2. The fourth-order valence-electron chi connectivity index (χ4n) is 2.30. The number of alkyl halides is 3. The summed E-state index contributed by atoms with van der Waals surface area (Å²) in [4.78, 5) is 28.3. The Bertz CT molecular complexity index is 813. The number of likely N-dealkylation sites (N-methyl/N-ethyl adjacent to an activating group) is 1. The fraction of sp³-hybridized carbons (Fsp3) is 0.278. The van der Waals surface area contributed by atoms with Gasteiger partial charge in [-0.2, -0.15) is 13.2 Å². The number of nitrogens with zero attached hydrogens (tertiary/aromatic N) is 1. The normalized spacial score (nSPS) is 12.3. The van der Waals surface area contributed by atoms with E-state index in [1.807, 2.05) is 0 Å². The zero-order valence-corrected chi connectivity index (χ0v) is 15.1. The molecule has 0 aliphatic rings. The number of hydrogen-bond acceptors (Lipinski definition) is 3. The Morgan fingerprint density at radius 1 is 1.22 bits per heavy atom. The highest BCUT2D eigenvalue weighted by molar-refractivity contribution is 6.31. The number of halogens is 4. The number of rotatable bonds is 6. The first kappa shape index (κ1) is 20.7. The average Bonchev–Trinajstić information content (AvgIpc) is 2.62. The molecule has 2 aromatic rings. The summed E-state index contributed by atoms with van der Waals surface area (Å²) in [5.41, 5.74) is -0.563. The predicted molar refractivity (Wildman–Crippen MR) is 94.3 cm³/mol. The molecule has 5 nitrogen and oxygen atoms in total. The summed E-state index contributed by atoms with van der Waals surface area (Å²) in [5.74, 6) is -0.977. The van der Waals surface area contributed by atoms with Crippen LogP contribution in [0.5, 0.6) is 0 Å². The Kier molecular flexibility index (Phi) is 6.79. The summed E-state index contributed by atoms with van der Waals surface area (Å²) in [6.07, 6.45) is -4.08. The van der Waals surface area contributed by atoms with Gasteiger partial charge in [-0.15, -0.1) is 0 Å². The molecule has 1 heterocycles. The van der Waals surface area contributed by atoms with Crippen LogP contribution in [0.15, 0.2) is 42.6 Å². The van der Waals surface area contributed by atoms with Gasteiger partial charge < -0.3 is 10.6 Å². The zero-order valence-electron chi connectivity index (χ0n) is 14.3. The number of carbonyl (C=O) groups excluding carboxylic acids is 2. The highest BCUT2D eigenvalue weighted by atomic mass is 35.5. The van der Waals surface area contributed by atoms with Crippen LogP contribution in [0.4, 0.5) is 13.2 Å². The maximum atomic E-state index is 12.7. The fourth-order valence-corrected chi connectivity index (χ4v) is 2.55. The molecule has 0 spiro atoms. The van der Waals surface area contributed by atoms with Crippen molar-refractivity contribution in [3.05, 3.63) is 64.4 Å². The molecule has 2 N–H and O–H groups in total. The van der Waals surface area contributed by atoms with E-state index in [4.69, 9.17) is 11.6 Å². The van der Waals surface area contributed by atoms with Crippen LogP contribution in [-0.4, -0.2) is 29.4 Å². The lowest BCUT2D eigenvalue weighted by Gasteiger charge is -2.19. The van der Waals surface area contributed by atoms with Crippen molar-refractivity contribution in [1.29, 1.82) is 0 Å². The molecule has 144 valence electrons. The molecule has 2 rings (SSSR count). The lowest BCUT2D eigenvalue weighted by Crippen LogP contribution is -2.48. The van der Waals surface area contributed by atoms with Crippen molar-refractivity contribution in [2.45, 2.75) is 25.6 Å². The van der Waals surface area contributed by atoms with Crippen LogP contribution in [0, 0.1) is 0 Å². The molecule has 0 saturated carbocycles. The van der Waals surface area contributed by atoms with Gasteiger partial charge in [-0.25, -0.2) is 0 Å². The average molecular weight is 400 g/mol. The van der Waals surface area contributed by atoms with Crippen LogP contribution >= 0.6 is 11.6 Å². The number of benzene rings is 1. The molecule has 0 bridgehead atoms. The monoisotopic (exact) mass is 399 g/mol. The summed E-state index contributed by atoms with van der Waals surface area (Å²) < 4.78 is 38.2. The van der Waals surface area contributed by atoms with Crippen molar-refractivity contribution in [2.24, 2.45) is 0 Å². The molecule has 0 aliphatic carbocycles. The third kappa shape index (κ3) is 5.68. The van der Waals surface area contributed by atoms with E-state index in [1.165, 1.54) is 0 Å². The molecule has 2 amide bonds. The van der Waals surface area contributed by atoms with Crippen molar-refractivity contribution in [2.75, 3.05) is 6.54 Å². The van der Waals surface area contributed by atoms with Crippen LogP contribution in [0.2, 0.25) is 5.02 Å². The van der Waals surface area contributed by atoms with Crippen molar-refractivity contribution >= 4 is 23.4 Å². The molecule has 1 unspecified atom stereocenters. The van der Waals surface area contributed by atoms with Crippen molar-refractivity contribution in [3.63, 3.8) is 0 Å². The quantitative estimate of drug-likeness (QED) is 0.783. The van der Waals surface area contributed by atoms with Gasteiger partial charge in [0.15, 0.2) is 0 Å². The lowest BCUT2D eigenvalue weighted by atomic mass is 10.1. The maximum absolute atomic E-state index is 12.7. The highest BCUT2D eigenvalue weighted by Crippen LogP contribution is 2.31. The van der Waals surface area contributed by atoms with Gasteiger partial charge in [0.25, 0.3) is 5.91 Å². The van der Waals surface area contributed by atoms with E-state index in [0.29, 0.717) is 18.3 Å².